The number of nitrogens with one attached hydrogen (secondary N) is 2. The molecule has 1 saturated heterocycles. The van der Waals surface area contributed by atoms with Crippen molar-refractivity contribution in [2.75, 3.05) is 18.2 Å². The molecule has 2 aliphatic rings. The van der Waals surface area contributed by atoms with Crippen molar-refractivity contribution in [3.05, 3.63) is 23.2 Å². The van der Waals surface area contributed by atoms with E-state index in [1.165, 1.54) is 12.0 Å². The van der Waals surface area contributed by atoms with Crippen LogP contribution in [-0.2, 0) is 4.79 Å². The Kier molecular flexibility index (Phi) is 5.93. The minimum Gasteiger partial charge on any atom is -0.495 e. The van der Waals surface area contributed by atoms with Crippen molar-refractivity contribution in [3.8, 4) is 5.75 Å². The van der Waals surface area contributed by atoms with Crippen molar-refractivity contribution in [1.29, 1.82) is 0 Å². The maximum atomic E-state index is 12.5. The molecule has 1 aliphatic carbocycles. The number of carbonyl (C=O) groups excluding carboxylic acids is 3. The molecule has 1 aromatic rings. The van der Waals surface area contributed by atoms with Crippen molar-refractivity contribution in [2.45, 2.75) is 37.8 Å². The van der Waals surface area contributed by atoms with Crippen molar-refractivity contribution in [3.63, 3.8) is 0 Å². The van der Waals surface area contributed by atoms with Gasteiger partial charge in [-0.15, -0.1) is 0 Å². The number of hydrogen-bond donors (Lipinski definition) is 2. The van der Waals surface area contributed by atoms with E-state index in [4.69, 9.17) is 16.3 Å². The highest BCUT2D eigenvalue weighted by Crippen LogP contribution is 2.31. The zero-order valence-corrected chi connectivity index (χ0v) is 15.9. The fourth-order valence-electron chi connectivity index (χ4n) is 3.38. The first kappa shape index (κ1) is 18.8. The van der Waals surface area contributed by atoms with Crippen molar-refractivity contribution < 1.29 is 19.1 Å². The van der Waals surface area contributed by atoms with Crippen molar-refractivity contribution in [2.24, 2.45) is 0 Å². The standard InChI is InChI=1S/C17H20ClN3O4S/c1-25-14-7-6-10(18)8-12(14)20-16(23)19-11-4-2-3-5-13(11)21-15(22)9-26-17(21)24/h6-8,11,13H,2-5,9H2,1H3,(H2,19,20,23). The Morgan fingerprint density at radius 2 is 2.08 bits per heavy atom. The molecular weight excluding hydrogens is 378 g/mol. The number of amides is 4. The number of ether oxygens (including phenoxy) is 1. The lowest BCUT2D eigenvalue weighted by Gasteiger charge is -2.36. The van der Waals surface area contributed by atoms with Gasteiger partial charge in [0.15, 0.2) is 0 Å². The van der Waals surface area contributed by atoms with E-state index in [0.29, 0.717) is 29.3 Å². The summed E-state index contributed by atoms with van der Waals surface area (Å²) in [6.07, 6.45) is 3.27. The lowest BCUT2D eigenvalue weighted by Crippen LogP contribution is -2.55. The summed E-state index contributed by atoms with van der Waals surface area (Å²) in [4.78, 5) is 37.9. The SMILES string of the molecule is COc1ccc(Cl)cc1NC(=O)NC1CCCCC1N1C(=O)CSC1=O. The van der Waals surface area contributed by atoms with Gasteiger partial charge in [-0.05, 0) is 31.0 Å². The molecule has 4 amide bonds. The predicted octanol–water partition coefficient (Wildman–Crippen LogP) is 3.48. The molecule has 1 aliphatic heterocycles. The van der Waals surface area contributed by atoms with Gasteiger partial charge in [0.05, 0.1) is 30.6 Å². The van der Waals surface area contributed by atoms with Gasteiger partial charge < -0.3 is 15.4 Å². The minimum absolute atomic E-state index is 0.175. The first-order valence-corrected chi connectivity index (χ1v) is 9.76. The summed E-state index contributed by atoms with van der Waals surface area (Å²) in [7, 11) is 1.51. The summed E-state index contributed by atoms with van der Waals surface area (Å²) < 4.78 is 5.22. The summed E-state index contributed by atoms with van der Waals surface area (Å²) in [6.45, 7) is 0. The first-order valence-electron chi connectivity index (χ1n) is 8.39. The molecule has 7 nitrogen and oxygen atoms in total. The topological polar surface area (TPSA) is 87.7 Å². The quantitative estimate of drug-likeness (QED) is 0.812. The van der Waals surface area contributed by atoms with E-state index in [1.807, 2.05) is 0 Å². The summed E-state index contributed by atoms with van der Waals surface area (Å²) in [5.74, 6) is 0.482. The number of anilines is 1. The number of nitrogens with zero attached hydrogens (tertiary/aromatic N) is 1. The number of hydrogen-bond acceptors (Lipinski definition) is 5. The molecule has 0 spiro atoms. The Morgan fingerprint density at radius 3 is 2.77 bits per heavy atom. The van der Waals surface area contributed by atoms with E-state index in [9.17, 15) is 14.4 Å². The van der Waals surface area contributed by atoms with Crippen LogP contribution in [0.4, 0.5) is 15.3 Å². The highest BCUT2D eigenvalue weighted by atomic mass is 35.5. The van der Waals surface area contributed by atoms with Crippen LogP contribution in [0.15, 0.2) is 18.2 Å². The molecule has 3 rings (SSSR count). The second kappa shape index (κ2) is 8.18. The monoisotopic (exact) mass is 397 g/mol. The smallest absolute Gasteiger partial charge is 0.319 e. The van der Waals surface area contributed by atoms with Crippen LogP contribution >= 0.6 is 23.4 Å². The normalized spacial score (nSPS) is 23.1. The molecule has 0 radical (unpaired) electrons. The molecule has 2 atom stereocenters. The van der Waals surface area contributed by atoms with Gasteiger partial charge in [-0.1, -0.05) is 36.2 Å². The van der Waals surface area contributed by atoms with E-state index in [2.05, 4.69) is 10.6 Å². The molecule has 2 N–H and O–H groups in total. The summed E-state index contributed by atoms with van der Waals surface area (Å²) in [5.41, 5.74) is 0.453. The van der Waals surface area contributed by atoms with Crippen LogP contribution in [0.5, 0.6) is 5.75 Å². The van der Waals surface area contributed by atoms with E-state index < -0.39 is 6.03 Å². The number of methoxy groups -OCH3 is 1. The average Bonchev–Trinajstić information content (AvgIpc) is 2.94. The minimum atomic E-state index is -0.422. The van der Waals surface area contributed by atoms with Crippen molar-refractivity contribution in [1.82, 2.24) is 10.2 Å². The van der Waals surface area contributed by atoms with Crippen LogP contribution in [0.2, 0.25) is 5.02 Å². The number of thioether (sulfide) groups is 1. The number of imide groups is 1. The summed E-state index contributed by atoms with van der Waals surface area (Å²) in [6, 6.07) is 3.94. The molecule has 1 aromatic carbocycles. The maximum Gasteiger partial charge on any atom is 0.319 e. The van der Waals surface area contributed by atoms with Gasteiger partial charge in [0.1, 0.15) is 5.75 Å². The summed E-state index contributed by atoms with van der Waals surface area (Å²) >= 11 is 6.99. The number of rotatable bonds is 4. The van der Waals surface area contributed by atoms with Gasteiger partial charge in [0.2, 0.25) is 5.91 Å². The van der Waals surface area contributed by atoms with E-state index >= 15 is 0 Å². The molecule has 0 bridgehead atoms. The molecule has 9 heteroatoms. The zero-order valence-electron chi connectivity index (χ0n) is 14.3. The van der Waals surface area contributed by atoms with E-state index in [1.54, 1.807) is 18.2 Å². The molecular formula is C17H20ClN3O4S. The predicted molar refractivity (Wildman–Crippen MR) is 101 cm³/mol. The second-order valence-corrected chi connectivity index (χ2v) is 7.58. The molecule has 1 saturated carbocycles. The third kappa shape index (κ3) is 4.07. The van der Waals surface area contributed by atoms with E-state index in [-0.39, 0.29) is 29.0 Å². The van der Waals surface area contributed by atoms with Gasteiger partial charge in [-0.3, -0.25) is 14.5 Å². The number of benzene rings is 1. The van der Waals surface area contributed by atoms with E-state index in [0.717, 1.165) is 24.6 Å². The van der Waals surface area contributed by atoms with Gasteiger partial charge in [0.25, 0.3) is 5.24 Å². The van der Waals surface area contributed by atoms with Gasteiger partial charge >= 0.3 is 6.03 Å². The number of urea groups is 1. The lowest BCUT2D eigenvalue weighted by atomic mass is 9.89. The van der Waals surface area contributed by atoms with Crippen LogP contribution in [0, 0.1) is 0 Å². The molecule has 2 unspecified atom stereocenters. The van der Waals surface area contributed by atoms with Crippen LogP contribution in [0.3, 0.4) is 0 Å². The highest BCUT2D eigenvalue weighted by molar-refractivity contribution is 8.14. The Morgan fingerprint density at radius 1 is 1.31 bits per heavy atom. The van der Waals surface area contributed by atoms with Crippen molar-refractivity contribution >= 4 is 46.2 Å². The van der Waals surface area contributed by atoms with Crippen LogP contribution < -0.4 is 15.4 Å². The van der Waals surface area contributed by atoms with Crippen LogP contribution in [-0.4, -0.2) is 47.0 Å². The zero-order chi connectivity index (χ0) is 18.7. The average molecular weight is 398 g/mol. The molecule has 0 aromatic heterocycles. The highest BCUT2D eigenvalue weighted by Gasteiger charge is 2.41. The third-order valence-corrected chi connectivity index (χ3v) is 5.64. The Balaban J connectivity index is 1.70. The fourth-order valence-corrected chi connectivity index (χ4v) is 4.31. The molecule has 1 heterocycles. The van der Waals surface area contributed by atoms with Crippen LogP contribution in [0.25, 0.3) is 0 Å². The van der Waals surface area contributed by atoms with Crippen LogP contribution in [0.1, 0.15) is 25.7 Å². The maximum absolute atomic E-state index is 12.5. The number of halogens is 1. The van der Waals surface area contributed by atoms with Gasteiger partial charge in [-0.2, -0.15) is 0 Å². The Bertz CT molecular complexity index is 714. The second-order valence-electron chi connectivity index (χ2n) is 6.22. The third-order valence-electron chi connectivity index (χ3n) is 4.57. The molecule has 26 heavy (non-hydrogen) atoms. The first-order chi connectivity index (χ1) is 12.5. The number of carbonyl (C=O) groups is 3. The van der Waals surface area contributed by atoms with Gasteiger partial charge in [-0.25, -0.2) is 4.79 Å². The summed E-state index contributed by atoms with van der Waals surface area (Å²) in [5, 5.41) is 5.88. The lowest BCUT2D eigenvalue weighted by molar-refractivity contribution is -0.127. The fraction of sp³-hybridized carbons (Fsp3) is 0.471. The Labute approximate surface area is 160 Å². The molecule has 140 valence electrons. The molecule has 2 fully saturated rings. The Hall–Kier alpha value is -1.93. The van der Waals surface area contributed by atoms with Gasteiger partial charge in [0, 0.05) is 5.02 Å². The largest absolute Gasteiger partial charge is 0.495 e.